The highest BCUT2D eigenvalue weighted by atomic mass is 79.9. The van der Waals surface area contributed by atoms with Crippen molar-refractivity contribution >= 4 is 78.1 Å². The Bertz CT molecular complexity index is 2180. The molecule has 4 aromatic rings. The fourth-order valence-corrected chi connectivity index (χ4v) is 10.4. The molecule has 2 atom stereocenters. The summed E-state index contributed by atoms with van der Waals surface area (Å²) >= 11 is 13.7. The molecule has 16 heteroatoms. The van der Waals surface area contributed by atoms with Crippen molar-refractivity contribution in [2.24, 2.45) is 0 Å². The van der Waals surface area contributed by atoms with E-state index in [9.17, 15) is 9.59 Å². The smallest absolute Gasteiger partial charge is 0.410 e. The first-order valence-electron chi connectivity index (χ1n) is 22.1. The number of benzene rings is 3. The minimum absolute atomic E-state index is 0.0179. The molecule has 0 N–H and O–H groups in total. The molecule has 3 aliphatic rings. The zero-order valence-electron chi connectivity index (χ0n) is 36.8. The Morgan fingerprint density at radius 3 is 2.40 bits per heavy atom. The molecule has 7 rings (SSSR count). The fraction of sp³-hybridized carbons (Fsp3) is 0.532. The Hall–Kier alpha value is -3.73. The molecular formula is C47H59Br2ClN6O7. The van der Waals surface area contributed by atoms with Crippen molar-refractivity contribution in [1.29, 1.82) is 0 Å². The van der Waals surface area contributed by atoms with Crippen molar-refractivity contribution in [3.63, 3.8) is 0 Å². The number of hydrogen-bond acceptors (Lipinski definition) is 12. The summed E-state index contributed by atoms with van der Waals surface area (Å²) in [7, 11) is 0. The Morgan fingerprint density at radius 2 is 1.65 bits per heavy atom. The molecule has 0 saturated carbocycles. The van der Waals surface area contributed by atoms with Crippen molar-refractivity contribution in [3.05, 3.63) is 79.3 Å². The Morgan fingerprint density at radius 1 is 0.905 bits per heavy atom. The summed E-state index contributed by atoms with van der Waals surface area (Å²) in [5, 5.41) is 2.88. The second kappa shape index (κ2) is 22.0. The number of piperazine rings is 1. The summed E-state index contributed by atoms with van der Waals surface area (Å²) in [5.74, 6) is 1.54. The van der Waals surface area contributed by atoms with Gasteiger partial charge in [0.05, 0.1) is 52.1 Å². The molecule has 1 aromatic heterocycles. The van der Waals surface area contributed by atoms with Gasteiger partial charge in [0, 0.05) is 67.6 Å². The largest absolute Gasteiger partial charge is 0.489 e. The van der Waals surface area contributed by atoms with Gasteiger partial charge in [-0.3, -0.25) is 9.69 Å². The van der Waals surface area contributed by atoms with Gasteiger partial charge in [-0.05, 0) is 121 Å². The van der Waals surface area contributed by atoms with E-state index in [1.807, 2.05) is 37.8 Å². The lowest BCUT2D eigenvalue weighted by molar-refractivity contribution is 0.0136. The molecule has 63 heavy (non-hydrogen) atoms. The SMILES string of the molecule is CC[C@H]1CN(c2nc(OC[C@@H]3CCCN3CCCOCCOCCOc3c(Br)cc(C=O)cc3Br)nc3c2CCN(c2cccc4cccc(Cl)c24)C3)CCN1C(=O)OC(C)(C)C. The van der Waals surface area contributed by atoms with Crippen LogP contribution in [0.3, 0.4) is 0 Å². The zero-order valence-corrected chi connectivity index (χ0v) is 40.7. The molecule has 340 valence electrons. The van der Waals surface area contributed by atoms with Crippen molar-refractivity contribution in [2.75, 3.05) is 88.7 Å². The maximum absolute atomic E-state index is 13.3. The van der Waals surface area contributed by atoms with Crippen LogP contribution in [0.1, 0.15) is 75.0 Å². The standard InChI is InChI=1S/C47H59Br2ClN6O7/c1-5-34-28-55(19-20-56(34)46(58)63-47(2,3)4)44-36-15-18-54(41-14-7-11-33-10-6-13-39(50)42(33)41)29-40(36)51-45(52-44)62-31-35-12-8-16-53(35)17-9-21-59-22-23-60-24-25-61-43-37(48)26-32(30-57)27-38(43)49/h6-7,10-11,13-14,26-27,30,34-35H,5,8-9,12,15-25,28-29,31H2,1-4H3/t34-,35-/m0/s1. The van der Waals surface area contributed by atoms with Crippen molar-refractivity contribution in [3.8, 4) is 11.8 Å². The van der Waals surface area contributed by atoms with Gasteiger partial charge in [0.15, 0.2) is 0 Å². The Labute approximate surface area is 392 Å². The number of amides is 1. The van der Waals surface area contributed by atoms with Gasteiger partial charge < -0.3 is 38.4 Å². The predicted molar refractivity (Wildman–Crippen MR) is 254 cm³/mol. The number of likely N-dealkylation sites (tertiary alicyclic amines) is 1. The molecule has 0 radical (unpaired) electrons. The van der Waals surface area contributed by atoms with Gasteiger partial charge in [0.25, 0.3) is 0 Å². The van der Waals surface area contributed by atoms with E-state index in [1.165, 1.54) is 0 Å². The van der Waals surface area contributed by atoms with Crippen LogP contribution in [-0.2, 0) is 27.2 Å². The first-order chi connectivity index (χ1) is 30.4. The molecule has 13 nitrogen and oxygen atoms in total. The molecule has 3 aromatic carbocycles. The molecule has 2 saturated heterocycles. The number of nitrogens with zero attached hydrogens (tertiary/aromatic N) is 6. The van der Waals surface area contributed by atoms with Crippen molar-refractivity contribution in [2.45, 2.75) is 84.0 Å². The van der Waals surface area contributed by atoms with E-state index in [0.29, 0.717) is 92.1 Å². The summed E-state index contributed by atoms with van der Waals surface area (Å²) in [4.78, 5) is 43.7. The van der Waals surface area contributed by atoms with Gasteiger partial charge in [-0.1, -0.05) is 42.8 Å². The highest BCUT2D eigenvalue weighted by Gasteiger charge is 2.36. The van der Waals surface area contributed by atoms with E-state index in [4.69, 9.17) is 45.3 Å². The van der Waals surface area contributed by atoms with Crippen LogP contribution >= 0.6 is 43.5 Å². The third-order valence-corrected chi connectivity index (χ3v) is 13.2. The summed E-state index contributed by atoms with van der Waals surface area (Å²) in [6.07, 6.45) is 5.15. The van der Waals surface area contributed by atoms with E-state index in [1.54, 1.807) is 12.1 Å². The molecule has 0 unspecified atom stereocenters. The normalized spacial score (nSPS) is 18.2. The molecule has 1 amide bonds. The van der Waals surface area contributed by atoms with Crippen LogP contribution in [-0.4, -0.2) is 129 Å². The second-order valence-corrected chi connectivity index (χ2v) is 19.3. The molecule has 4 heterocycles. The lowest BCUT2D eigenvalue weighted by Gasteiger charge is -2.43. The monoisotopic (exact) mass is 1010 g/mol. The summed E-state index contributed by atoms with van der Waals surface area (Å²) in [6.45, 7) is 15.9. The number of rotatable bonds is 18. The highest BCUT2D eigenvalue weighted by Crippen LogP contribution is 2.38. The molecule has 3 aliphatic heterocycles. The molecule has 0 spiro atoms. The maximum Gasteiger partial charge on any atom is 0.410 e. The number of carbonyl (C=O) groups excluding carboxylic acids is 2. The summed E-state index contributed by atoms with van der Waals surface area (Å²) < 4.78 is 31.2. The van der Waals surface area contributed by atoms with Gasteiger partial charge in [-0.15, -0.1) is 0 Å². The summed E-state index contributed by atoms with van der Waals surface area (Å²) in [5.41, 5.74) is 3.18. The summed E-state index contributed by atoms with van der Waals surface area (Å²) in [6, 6.07) is 16.4. The number of halogens is 3. The molecule has 0 aliphatic carbocycles. The number of anilines is 2. The number of aldehydes is 1. The fourth-order valence-electron chi connectivity index (χ4n) is 8.65. The maximum atomic E-state index is 13.3. The van der Waals surface area contributed by atoms with Gasteiger partial charge in [-0.25, -0.2) is 4.79 Å². The van der Waals surface area contributed by atoms with E-state index < -0.39 is 5.60 Å². The highest BCUT2D eigenvalue weighted by molar-refractivity contribution is 9.11. The van der Waals surface area contributed by atoms with Crippen LogP contribution < -0.4 is 19.3 Å². The Kier molecular flexibility index (Phi) is 16.5. The minimum atomic E-state index is -0.563. The van der Waals surface area contributed by atoms with E-state index in [0.717, 1.165) is 96.6 Å². The first kappa shape index (κ1) is 47.2. The van der Waals surface area contributed by atoms with Gasteiger partial charge in [-0.2, -0.15) is 9.97 Å². The minimum Gasteiger partial charge on any atom is -0.489 e. The predicted octanol–water partition coefficient (Wildman–Crippen LogP) is 9.36. The Balaban J connectivity index is 0.952. The van der Waals surface area contributed by atoms with Crippen molar-refractivity contribution < 1.29 is 33.3 Å². The van der Waals surface area contributed by atoms with E-state index in [-0.39, 0.29) is 18.2 Å². The number of fused-ring (bicyclic) bond motifs is 2. The number of carbonyl (C=O) groups is 2. The average molecular weight is 1020 g/mol. The number of hydrogen-bond donors (Lipinski definition) is 0. The van der Waals surface area contributed by atoms with Crippen LogP contribution in [0, 0.1) is 0 Å². The van der Waals surface area contributed by atoms with Gasteiger partial charge >= 0.3 is 12.1 Å². The quantitative estimate of drug-likeness (QED) is 0.0698. The molecular weight excluding hydrogens is 956 g/mol. The second-order valence-electron chi connectivity index (χ2n) is 17.2. The zero-order chi connectivity index (χ0) is 44.5. The number of aromatic nitrogens is 2. The van der Waals surface area contributed by atoms with E-state index in [2.05, 4.69) is 77.7 Å². The van der Waals surface area contributed by atoms with Crippen LogP contribution in [0.4, 0.5) is 16.3 Å². The number of ether oxygens (including phenoxy) is 5. The van der Waals surface area contributed by atoms with Crippen LogP contribution in [0.2, 0.25) is 5.02 Å². The van der Waals surface area contributed by atoms with Crippen LogP contribution in [0.5, 0.6) is 11.8 Å². The third-order valence-electron chi connectivity index (χ3n) is 11.7. The first-order valence-corrected chi connectivity index (χ1v) is 24.0. The lowest BCUT2D eigenvalue weighted by atomic mass is 10.0. The van der Waals surface area contributed by atoms with Crippen molar-refractivity contribution in [1.82, 2.24) is 19.8 Å². The topological polar surface area (TPSA) is 119 Å². The molecule has 2 fully saturated rings. The lowest BCUT2D eigenvalue weighted by Crippen LogP contribution is -2.56. The average Bonchev–Trinajstić information content (AvgIpc) is 3.72. The third kappa shape index (κ3) is 12.1. The van der Waals surface area contributed by atoms with Crippen LogP contribution in [0.25, 0.3) is 10.8 Å². The van der Waals surface area contributed by atoms with Gasteiger partial charge in [0.1, 0.15) is 36.7 Å². The van der Waals surface area contributed by atoms with Gasteiger partial charge in [0.2, 0.25) is 0 Å². The molecule has 0 bridgehead atoms. The van der Waals surface area contributed by atoms with E-state index >= 15 is 0 Å². The van der Waals surface area contributed by atoms with Crippen LogP contribution in [0.15, 0.2) is 57.5 Å².